The Balaban J connectivity index is 1.67. The quantitative estimate of drug-likeness (QED) is 0.620. The number of aromatic nitrogens is 3. The van der Waals surface area contributed by atoms with Gasteiger partial charge in [0.25, 0.3) is 0 Å². The maximum absolute atomic E-state index is 12.5. The molecule has 3 N–H and O–H groups in total. The number of hydrogen-bond acceptors (Lipinski definition) is 7. The molecule has 0 bridgehead atoms. The van der Waals surface area contributed by atoms with Crippen molar-refractivity contribution in [3.63, 3.8) is 0 Å². The maximum Gasteiger partial charge on any atom is 0.313 e. The van der Waals surface area contributed by atoms with Gasteiger partial charge in [-0.3, -0.25) is 4.79 Å². The fraction of sp³-hybridized carbons (Fsp3) is 0.200. The summed E-state index contributed by atoms with van der Waals surface area (Å²) in [5.41, 5.74) is 7.50. The first-order valence-corrected chi connectivity index (χ1v) is 8.69. The number of nitrogens with zero attached hydrogens (tertiary/aromatic N) is 3. The van der Waals surface area contributed by atoms with Gasteiger partial charge in [-0.1, -0.05) is 55.5 Å². The standard InChI is InChI=1S/C20H21N5O2/c1-2-16(14-9-5-3-6-10-14)18(26)27-13-17-23-19(21)25-20(24-17)22-15-11-7-4-8-12-15/h3-12,16H,2,13H2,1H3,(H3,21,22,23,24,25)/t16-/m0/s1. The lowest BCUT2D eigenvalue weighted by Gasteiger charge is -2.14. The number of carbonyl (C=O) groups excluding carboxylic acids is 1. The SMILES string of the molecule is CC[C@H](C(=O)OCc1nc(N)nc(Nc2ccccc2)n1)c1ccccc1. The average molecular weight is 363 g/mol. The van der Waals surface area contributed by atoms with E-state index in [1.807, 2.05) is 67.6 Å². The van der Waals surface area contributed by atoms with Gasteiger partial charge in [0.1, 0.15) is 0 Å². The van der Waals surface area contributed by atoms with Gasteiger partial charge in [-0.15, -0.1) is 0 Å². The van der Waals surface area contributed by atoms with Crippen molar-refractivity contribution in [2.75, 3.05) is 11.1 Å². The summed E-state index contributed by atoms with van der Waals surface area (Å²) in [5, 5.41) is 3.05. The highest BCUT2D eigenvalue weighted by Crippen LogP contribution is 2.21. The monoisotopic (exact) mass is 363 g/mol. The Morgan fingerprint density at radius 2 is 1.70 bits per heavy atom. The van der Waals surface area contributed by atoms with Crippen LogP contribution in [0.2, 0.25) is 0 Å². The second-order valence-electron chi connectivity index (χ2n) is 5.90. The van der Waals surface area contributed by atoms with Crippen molar-refractivity contribution >= 4 is 23.6 Å². The number of nitrogen functional groups attached to an aromatic ring is 1. The van der Waals surface area contributed by atoms with Crippen LogP contribution in [0.4, 0.5) is 17.6 Å². The lowest BCUT2D eigenvalue weighted by atomic mass is 9.97. The molecular formula is C20H21N5O2. The molecule has 7 heteroatoms. The molecule has 1 heterocycles. The number of esters is 1. The van der Waals surface area contributed by atoms with Gasteiger partial charge in [0.2, 0.25) is 11.9 Å². The molecule has 0 radical (unpaired) electrons. The predicted octanol–water partition coefficient (Wildman–Crippen LogP) is 3.43. The summed E-state index contributed by atoms with van der Waals surface area (Å²) in [5.74, 6) is 0.00387. The minimum absolute atomic E-state index is 0.0598. The summed E-state index contributed by atoms with van der Waals surface area (Å²) in [7, 11) is 0. The number of anilines is 3. The van der Waals surface area contributed by atoms with E-state index in [-0.39, 0.29) is 30.3 Å². The Morgan fingerprint density at radius 1 is 1.04 bits per heavy atom. The van der Waals surface area contributed by atoms with Gasteiger partial charge in [0.15, 0.2) is 12.4 Å². The first kappa shape index (κ1) is 18.3. The van der Waals surface area contributed by atoms with Crippen LogP contribution in [-0.4, -0.2) is 20.9 Å². The van der Waals surface area contributed by atoms with Gasteiger partial charge in [-0.05, 0) is 24.1 Å². The first-order chi connectivity index (χ1) is 13.2. The van der Waals surface area contributed by atoms with Gasteiger partial charge in [0.05, 0.1) is 5.92 Å². The Kier molecular flexibility index (Phi) is 5.94. The number of rotatable bonds is 7. The van der Waals surface area contributed by atoms with Crippen LogP contribution in [0.3, 0.4) is 0 Å². The van der Waals surface area contributed by atoms with E-state index in [0.29, 0.717) is 12.4 Å². The number of benzene rings is 2. The van der Waals surface area contributed by atoms with E-state index in [0.717, 1.165) is 11.3 Å². The van der Waals surface area contributed by atoms with Gasteiger partial charge in [-0.25, -0.2) is 0 Å². The Bertz CT molecular complexity index is 887. The highest BCUT2D eigenvalue weighted by molar-refractivity contribution is 5.78. The van der Waals surface area contributed by atoms with E-state index in [2.05, 4.69) is 20.3 Å². The fourth-order valence-electron chi connectivity index (χ4n) is 2.67. The number of ether oxygens (including phenoxy) is 1. The molecule has 0 unspecified atom stereocenters. The van der Waals surface area contributed by atoms with Gasteiger partial charge in [-0.2, -0.15) is 15.0 Å². The average Bonchev–Trinajstić information content (AvgIpc) is 2.68. The zero-order valence-electron chi connectivity index (χ0n) is 15.0. The van der Waals surface area contributed by atoms with Crippen LogP contribution in [0.5, 0.6) is 0 Å². The van der Waals surface area contributed by atoms with Crippen LogP contribution >= 0.6 is 0 Å². The molecule has 7 nitrogen and oxygen atoms in total. The number of nitrogens with two attached hydrogens (primary N) is 1. The van der Waals surface area contributed by atoms with Crippen molar-refractivity contribution in [1.29, 1.82) is 0 Å². The lowest BCUT2D eigenvalue weighted by molar-refractivity contribution is -0.147. The summed E-state index contributed by atoms with van der Waals surface area (Å²) < 4.78 is 5.42. The summed E-state index contributed by atoms with van der Waals surface area (Å²) in [6, 6.07) is 19.0. The Hall–Kier alpha value is -3.48. The van der Waals surface area contributed by atoms with Crippen LogP contribution in [-0.2, 0) is 16.1 Å². The predicted molar refractivity (Wildman–Crippen MR) is 103 cm³/mol. The molecule has 2 aromatic carbocycles. The van der Waals surface area contributed by atoms with E-state index in [1.54, 1.807) is 0 Å². The maximum atomic E-state index is 12.5. The number of hydrogen-bond donors (Lipinski definition) is 2. The summed E-state index contributed by atoms with van der Waals surface area (Å²) >= 11 is 0. The molecule has 0 aliphatic carbocycles. The molecule has 1 atom stereocenters. The third-order valence-electron chi connectivity index (χ3n) is 3.97. The zero-order valence-corrected chi connectivity index (χ0v) is 15.0. The van der Waals surface area contributed by atoms with Crippen molar-refractivity contribution in [2.45, 2.75) is 25.9 Å². The summed E-state index contributed by atoms with van der Waals surface area (Å²) in [6.07, 6.45) is 0.642. The van der Waals surface area contributed by atoms with Crippen molar-refractivity contribution in [3.8, 4) is 0 Å². The van der Waals surface area contributed by atoms with Crippen molar-refractivity contribution < 1.29 is 9.53 Å². The topological polar surface area (TPSA) is 103 Å². The molecule has 138 valence electrons. The number of carbonyl (C=O) groups is 1. The van der Waals surface area contributed by atoms with Crippen LogP contribution in [0, 0.1) is 0 Å². The van der Waals surface area contributed by atoms with Crippen LogP contribution in [0.15, 0.2) is 60.7 Å². The Labute approximate surface area is 157 Å². The van der Waals surface area contributed by atoms with Crippen LogP contribution in [0.1, 0.15) is 30.7 Å². The largest absolute Gasteiger partial charge is 0.457 e. The van der Waals surface area contributed by atoms with E-state index < -0.39 is 0 Å². The smallest absolute Gasteiger partial charge is 0.313 e. The molecule has 0 aliphatic heterocycles. The van der Waals surface area contributed by atoms with Crippen LogP contribution < -0.4 is 11.1 Å². The summed E-state index contributed by atoms with van der Waals surface area (Å²) in [4.78, 5) is 24.8. The summed E-state index contributed by atoms with van der Waals surface area (Å²) in [6.45, 7) is 1.88. The molecular weight excluding hydrogens is 342 g/mol. The van der Waals surface area contributed by atoms with E-state index in [9.17, 15) is 4.79 Å². The molecule has 0 saturated heterocycles. The second-order valence-corrected chi connectivity index (χ2v) is 5.90. The highest BCUT2D eigenvalue weighted by Gasteiger charge is 2.20. The molecule has 0 spiro atoms. The zero-order chi connectivity index (χ0) is 19.1. The molecule has 0 aliphatic rings. The van der Waals surface area contributed by atoms with Gasteiger partial charge >= 0.3 is 5.97 Å². The fourth-order valence-corrected chi connectivity index (χ4v) is 2.67. The Morgan fingerprint density at radius 3 is 2.37 bits per heavy atom. The first-order valence-electron chi connectivity index (χ1n) is 8.69. The van der Waals surface area contributed by atoms with Crippen molar-refractivity contribution in [3.05, 3.63) is 72.1 Å². The third-order valence-corrected chi connectivity index (χ3v) is 3.97. The molecule has 3 aromatic rings. The minimum Gasteiger partial charge on any atom is -0.457 e. The lowest BCUT2D eigenvalue weighted by Crippen LogP contribution is -2.17. The molecule has 3 rings (SSSR count). The normalized spacial score (nSPS) is 11.6. The minimum atomic E-state index is -0.327. The number of para-hydroxylation sites is 1. The highest BCUT2D eigenvalue weighted by atomic mass is 16.5. The molecule has 1 aromatic heterocycles. The van der Waals surface area contributed by atoms with Crippen LogP contribution in [0.25, 0.3) is 0 Å². The molecule has 0 fully saturated rings. The third kappa shape index (κ3) is 5.01. The van der Waals surface area contributed by atoms with E-state index in [1.165, 1.54) is 0 Å². The van der Waals surface area contributed by atoms with E-state index >= 15 is 0 Å². The second kappa shape index (κ2) is 8.75. The molecule has 0 saturated carbocycles. The van der Waals surface area contributed by atoms with Crippen molar-refractivity contribution in [2.24, 2.45) is 0 Å². The van der Waals surface area contributed by atoms with Crippen molar-refractivity contribution in [1.82, 2.24) is 15.0 Å². The molecule has 0 amide bonds. The van der Waals surface area contributed by atoms with Gasteiger partial charge < -0.3 is 15.8 Å². The van der Waals surface area contributed by atoms with Gasteiger partial charge in [0, 0.05) is 5.69 Å². The number of nitrogens with one attached hydrogen (secondary N) is 1. The van der Waals surface area contributed by atoms with E-state index in [4.69, 9.17) is 10.5 Å². The molecule has 27 heavy (non-hydrogen) atoms.